The third-order valence-electron chi connectivity index (χ3n) is 12.0. The summed E-state index contributed by atoms with van der Waals surface area (Å²) in [6, 6.07) is 1.72. The van der Waals surface area contributed by atoms with Crippen LogP contribution in [0.5, 0.6) is 17.4 Å². The van der Waals surface area contributed by atoms with Gasteiger partial charge < -0.3 is 29.5 Å². The zero-order valence-electron chi connectivity index (χ0n) is 32.6. The number of allylic oxidation sites excluding steroid dienone is 1. The summed E-state index contributed by atoms with van der Waals surface area (Å²) in [6.07, 6.45) is -1.32. The Balaban J connectivity index is 1.29. The summed E-state index contributed by atoms with van der Waals surface area (Å²) < 4.78 is 89.9. The van der Waals surface area contributed by atoms with Crippen LogP contribution in [0.25, 0.3) is 10.8 Å². The molecule has 316 valence electrons. The minimum atomic E-state index is -5.10. The highest BCUT2D eigenvalue weighted by molar-refractivity contribution is 7.91. The molecule has 0 bridgehead atoms. The number of pyridine rings is 1. The number of alkyl halides is 3. The molecular formula is C39H48F3N5O10S. The van der Waals surface area contributed by atoms with Crippen LogP contribution in [-0.4, -0.2) is 113 Å². The van der Waals surface area contributed by atoms with Crippen LogP contribution in [0, 0.1) is 17.8 Å². The monoisotopic (exact) mass is 835 g/mol. The van der Waals surface area contributed by atoms with Crippen LogP contribution in [0.4, 0.5) is 18.0 Å². The van der Waals surface area contributed by atoms with Gasteiger partial charge >= 0.3 is 12.3 Å². The predicted molar refractivity (Wildman–Crippen MR) is 201 cm³/mol. The normalized spacial score (nSPS) is 29.9. The maximum atomic E-state index is 15.0. The van der Waals surface area contributed by atoms with Crippen LogP contribution in [-0.2, 0) is 24.4 Å². The van der Waals surface area contributed by atoms with Crippen molar-refractivity contribution >= 4 is 44.6 Å². The van der Waals surface area contributed by atoms with Gasteiger partial charge in [-0.3, -0.25) is 24.0 Å². The van der Waals surface area contributed by atoms with E-state index in [0.29, 0.717) is 75.0 Å². The third kappa shape index (κ3) is 7.73. The number of hydrogen-bond donors (Lipinski definition) is 3. The van der Waals surface area contributed by atoms with E-state index in [1.165, 1.54) is 13.1 Å². The first-order valence-electron chi connectivity index (χ1n) is 19.5. The summed E-state index contributed by atoms with van der Waals surface area (Å²) in [6.45, 7) is 5.05. The lowest BCUT2D eigenvalue weighted by molar-refractivity contribution is -0.222. The van der Waals surface area contributed by atoms with Gasteiger partial charge in [-0.2, -0.15) is 13.2 Å². The summed E-state index contributed by atoms with van der Waals surface area (Å²) in [7, 11) is -4.02. The second-order valence-corrected chi connectivity index (χ2v) is 18.7. The highest BCUT2D eigenvalue weighted by atomic mass is 32.2. The molecule has 1 saturated heterocycles. The number of nitrogens with zero attached hydrogens (tertiary/aromatic N) is 3. The Hall–Kier alpha value is -4.81. The topological polar surface area (TPSA) is 194 Å². The van der Waals surface area contributed by atoms with Crippen molar-refractivity contribution in [2.75, 3.05) is 19.8 Å². The van der Waals surface area contributed by atoms with Crippen LogP contribution in [0.2, 0.25) is 0 Å². The molecule has 1 aromatic carbocycles. The van der Waals surface area contributed by atoms with Crippen molar-refractivity contribution in [3.05, 3.63) is 36.5 Å². The van der Waals surface area contributed by atoms with E-state index < -0.39 is 86.4 Å². The fraction of sp³-hybridized carbons (Fsp3) is 0.615. The molecule has 0 spiro atoms. The second-order valence-electron chi connectivity index (χ2n) is 16.7. The molecule has 15 nitrogen and oxygen atoms in total. The van der Waals surface area contributed by atoms with E-state index >= 15 is 0 Å². The first-order chi connectivity index (χ1) is 27.2. The number of amides is 4. The van der Waals surface area contributed by atoms with E-state index in [-0.39, 0.29) is 42.5 Å². The quantitative estimate of drug-likeness (QED) is 0.332. The number of benzene rings is 1. The number of rotatable bonds is 7. The van der Waals surface area contributed by atoms with Crippen molar-refractivity contribution in [3.8, 4) is 17.4 Å². The number of aromatic nitrogens is 1. The Morgan fingerprint density at radius 2 is 1.79 bits per heavy atom. The molecule has 2 saturated carbocycles. The second kappa shape index (κ2) is 15.1. The van der Waals surface area contributed by atoms with Gasteiger partial charge in [0.2, 0.25) is 27.7 Å². The third-order valence-corrected chi connectivity index (χ3v) is 13.9. The lowest BCUT2D eigenvalue weighted by Gasteiger charge is -2.45. The number of carbonyl (C=O) groups excluding carboxylic acids is 3. The molecule has 0 unspecified atom stereocenters. The highest BCUT2D eigenvalue weighted by Gasteiger charge is 2.63. The van der Waals surface area contributed by atoms with E-state index in [1.807, 2.05) is 6.92 Å². The zero-order valence-corrected chi connectivity index (χ0v) is 33.4. The molecular weight excluding hydrogens is 788 g/mol. The molecule has 3 aliphatic heterocycles. The molecule has 7 rings (SSSR count). The van der Waals surface area contributed by atoms with Crippen molar-refractivity contribution in [3.63, 3.8) is 0 Å². The molecule has 3 N–H and O–H groups in total. The molecule has 19 heteroatoms. The standard InChI is InChI=1S/C39H48F3N5O10S/c1-21-7-5-6-8-23-19-38(23,35(50)45-58(53,54)25-9-10-25)44-32(48)28-18-24(57-33-27-11-12-29-31(56-16-15-55-29)26(27)13-14-43-33)20-46(28)34(49)30(22(2)17-21)47(36(51)52)37(3,4)39(40,41)42/h6,8,11-14,21-25,28,30H,5,7,9-10,15-20H2,1-4H3,(H,44,48)(H,45,50)(H,51,52)/b8-6-/t21-,22-,23-,24-,28+,30+,38-/m1/s1. The molecule has 4 amide bonds. The van der Waals surface area contributed by atoms with Crippen LogP contribution >= 0.6 is 0 Å². The van der Waals surface area contributed by atoms with Crippen molar-refractivity contribution < 1.29 is 60.1 Å². The van der Waals surface area contributed by atoms with E-state index in [0.717, 1.165) is 4.90 Å². The molecule has 1 aromatic heterocycles. The van der Waals surface area contributed by atoms with E-state index in [9.17, 15) is 45.9 Å². The number of sulfonamides is 1. The minimum Gasteiger partial charge on any atom is -0.486 e. The van der Waals surface area contributed by atoms with Gasteiger partial charge in [-0.25, -0.2) is 18.2 Å². The Morgan fingerprint density at radius 1 is 1.07 bits per heavy atom. The molecule has 2 aliphatic carbocycles. The Labute approximate surface area is 333 Å². The summed E-state index contributed by atoms with van der Waals surface area (Å²) in [5.74, 6) is -3.52. The van der Waals surface area contributed by atoms with Gasteiger partial charge in [0.05, 0.1) is 11.8 Å². The lowest BCUT2D eigenvalue weighted by atomic mass is 9.85. The summed E-state index contributed by atoms with van der Waals surface area (Å²) in [5.41, 5.74) is -4.74. The first kappa shape index (κ1) is 41.4. The van der Waals surface area contributed by atoms with Crippen molar-refractivity contribution in [2.24, 2.45) is 17.8 Å². The summed E-state index contributed by atoms with van der Waals surface area (Å²) in [4.78, 5) is 61.8. The van der Waals surface area contributed by atoms with Gasteiger partial charge in [0.25, 0.3) is 5.91 Å². The Bertz CT molecular complexity index is 2130. The van der Waals surface area contributed by atoms with Gasteiger partial charge in [0, 0.05) is 29.3 Å². The van der Waals surface area contributed by atoms with Crippen molar-refractivity contribution in [1.82, 2.24) is 24.8 Å². The average molecular weight is 836 g/mol. The van der Waals surface area contributed by atoms with Crippen LogP contribution in [0.15, 0.2) is 36.5 Å². The van der Waals surface area contributed by atoms with Crippen LogP contribution in [0.1, 0.15) is 72.6 Å². The largest absolute Gasteiger partial charge is 0.486 e. The molecule has 58 heavy (non-hydrogen) atoms. The van der Waals surface area contributed by atoms with E-state index in [2.05, 4.69) is 15.0 Å². The smallest absolute Gasteiger partial charge is 0.411 e. The zero-order chi connectivity index (χ0) is 41.9. The minimum absolute atomic E-state index is 0.0552. The van der Waals surface area contributed by atoms with Crippen molar-refractivity contribution in [2.45, 2.75) is 113 Å². The van der Waals surface area contributed by atoms with E-state index in [4.69, 9.17) is 14.2 Å². The average Bonchev–Trinajstić information content (AvgIpc) is 4.08. The van der Waals surface area contributed by atoms with Crippen LogP contribution in [0.3, 0.4) is 0 Å². The molecule has 5 aliphatic rings. The number of nitrogens with one attached hydrogen (secondary N) is 2. The lowest BCUT2D eigenvalue weighted by Crippen LogP contribution is -2.66. The maximum Gasteiger partial charge on any atom is 0.411 e. The highest BCUT2D eigenvalue weighted by Crippen LogP contribution is 2.47. The fourth-order valence-electron chi connectivity index (χ4n) is 8.48. The summed E-state index contributed by atoms with van der Waals surface area (Å²) in [5, 5.41) is 13.6. The molecule has 2 aromatic rings. The summed E-state index contributed by atoms with van der Waals surface area (Å²) >= 11 is 0. The van der Waals surface area contributed by atoms with Gasteiger partial charge in [-0.15, -0.1) is 0 Å². The van der Waals surface area contributed by atoms with Gasteiger partial charge in [-0.05, 0) is 82.4 Å². The number of carbonyl (C=O) groups is 4. The van der Waals surface area contributed by atoms with Gasteiger partial charge in [-0.1, -0.05) is 26.0 Å². The predicted octanol–water partition coefficient (Wildman–Crippen LogP) is 4.54. The molecule has 0 radical (unpaired) electrons. The number of fused-ring (bicyclic) bond motifs is 5. The molecule has 3 fully saturated rings. The number of halogens is 3. The number of ether oxygens (including phenoxy) is 3. The number of carboxylic acid groups (broad SMARTS) is 1. The van der Waals surface area contributed by atoms with Crippen molar-refractivity contribution in [1.29, 1.82) is 0 Å². The first-order valence-corrected chi connectivity index (χ1v) is 21.1. The molecule has 7 atom stereocenters. The van der Waals surface area contributed by atoms with Gasteiger partial charge in [0.15, 0.2) is 11.5 Å². The van der Waals surface area contributed by atoms with E-state index in [1.54, 1.807) is 30.4 Å². The molecule has 4 heterocycles. The maximum absolute atomic E-state index is 15.0. The SMILES string of the molecule is C[C@@H]1CC/C=C\[C@@H]2C[C@@]2(C(=O)NS(=O)(=O)C2CC2)NC(=O)[C@@H]2C[C@@H](Oc3nccc4c5c(ccc34)OCCO5)CN2C(=O)[C@@H](N(C(=O)O)C(C)(C)C(F)(F)F)[C@H](C)C1. The van der Waals surface area contributed by atoms with Crippen LogP contribution < -0.4 is 24.2 Å². The Morgan fingerprint density at radius 3 is 2.48 bits per heavy atom. The number of hydrogen-bond acceptors (Lipinski definition) is 10. The Kier molecular flexibility index (Phi) is 10.8. The fourth-order valence-corrected chi connectivity index (χ4v) is 9.84. The van der Waals surface area contributed by atoms with Gasteiger partial charge in [0.1, 0.15) is 42.5 Å².